The molecule has 0 aromatic heterocycles. The first kappa shape index (κ1) is 17.3. The van der Waals surface area contributed by atoms with Crippen LogP contribution >= 0.6 is 0 Å². The van der Waals surface area contributed by atoms with Gasteiger partial charge in [0.25, 0.3) is 0 Å². The van der Waals surface area contributed by atoms with Gasteiger partial charge in [-0.15, -0.1) is 6.58 Å². The van der Waals surface area contributed by atoms with Crippen molar-refractivity contribution in [1.82, 2.24) is 9.80 Å². The quantitative estimate of drug-likeness (QED) is 0.784. The molecule has 138 valence electrons. The molecule has 1 aromatic carbocycles. The van der Waals surface area contributed by atoms with Gasteiger partial charge in [-0.1, -0.05) is 30.3 Å². The van der Waals surface area contributed by atoms with Gasteiger partial charge < -0.3 is 9.80 Å². The lowest BCUT2D eigenvalue weighted by molar-refractivity contribution is -0.142. The molecule has 1 atom stereocenters. The lowest BCUT2D eigenvalue weighted by Crippen LogP contribution is -2.52. The van der Waals surface area contributed by atoms with Crippen LogP contribution in [0, 0.1) is 5.41 Å². The number of fused-ring (bicyclic) bond motifs is 1. The van der Waals surface area contributed by atoms with E-state index < -0.39 is 0 Å². The normalized spacial score (nSPS) is 24.6. The van der Waals surface area contributed by atoms with Crippen molar-refractivity contribution in [2.24, 2.45) is 5.41 Å². The summed E-state index contributed by atoms with van der Waals surface area (Å²) < 4.78 is 0. The Morgan fingerprint density at radius 2 is 1.96 bits per heavy atom. The molecule has 26 heavy (non-hydrogen) atoms. The van der Waals surface area contributed by atoms with E-state index in [2.05, 4.69) is 29.7 Å². The van der Waals surface area contributed by atoms with Gasteiger partial charge in [-0.05, 0) is 48.6 Å². The van der Waals surface area contributed by atoms with Crippen LogP contribution in [-0.4, -0.2) is 47.8 Å². The molecule has 0 unspecified atom stereocenters. The minimum Gasteiger partial charge on any atom is -0.342 e. The summed E-state index contributed by atoms with van der Waals surface area (Å²) in [7, 11) is 0. The molecule has 4 rings (SSSR count). The molecule has 2 saturated heterocycles. The fourth-order valence-electron chi connectivity index (χ4n) is 5.07. The van der Waals surface area contributed by atoms with Gasteiger partial charge in [0.05, 0.1) is 5.92 Å². The predicted octanol–water partition coefficient (Wildman–Crippen LogP) is 3.13. The molecule has 4 heteroatoms. The van der Waals surface area contributed by atoms with Crippen molar-refractivity contribution in [3.8, 4) is 0 Å². The van der Waals surface area contributed by atoms with E-state index >= 15 is 0 Å². The van der Waals surface area contributed by atoms with E-state index in [1.807, 2.05) is 17.0 Å². The van der Waals surface area contributed by atoms with E-state index in [1.165, 1.54) is 11.1 Å². The molecule has 0 radical (unpaired) electrons. The van der Waals surface area contributed by atoms with Crippen LogP contribution in [0.3, 0.4) is 0 Å². The molecular formula is C22H28N2O2. The average Bonchev–Trinajstić information content (AvgIpc) is 3.09. The SMILES string of the molecule is C=CCN1CC2(CCC1=O)CCN(C(=O)[C@H]1CCc3ccccc31)CC2. The Kier molecular flexibility index (Phi) is 4.60. The predicted molar refractivity (Wildman–Crippen MR) is 102 cm³/mol. The lowest BCUT2D eigenvalue weighted by atomic mass is 9.72. The Labute approximate surface area is 155 Å². The summed E-state index contributed by atoms with van der Waals surface area (Å²) in [5, 5.41) is 0. The molecule has 0 bridgehead atoms. The number of aryl methyl sites for hydroxylation is 1. The van der Waals surface area contributed by atoms with Gasteiger partial charge in [0, 0.05) is 32.6 Å². The number of piperidine rings is 2. The zero-order chi connectivity index (χ0) is 18.1. The second kappa shape index (κ2) is 6.90. The number of hydrogen-bond donors (Lipinski definition) is 0. The summed E-state index contributed by atoms with van der Waals surface area (Å²) in [6, 6.07) is 8.38. The van der Waals surface area contributed by atoms with Gasteiger partial charge in [0.1, 0.15) is 0 Å². The first-order chi connectivity index (χ1) is 12.6. The fourth-order valence-corrected chi connectivity index (χ4v) is 5.07. The second-order valence-electron chi connectivity index (χ2n) is 8.18. The number of carbonyl (C=O) groups is 2. The van der Waals surface area contributed by atoms with E-state index in [0.29, 0.717) is 18.9 Å². The third-order valence-electron chi connectivity index (χ3n) is 6.66. The summed E-state index contributed by atoms with van der Waals surface area (Å²) in [6.07, 6.45) is 7.39. The van der Waals surface area contributed by atoms with Crippen LogP contribution in [0.5, 0.6) is 0 Å². The number of hydrogen-bond acceptors (Lipinski definition) is 2. The van der Waals surface area contributed by atoms with Crippen LogP contribution in [0.1, 0.15) is 49.1 Å². The average molecular weight is 352 g/mol. The molecule has 2 aliphatic heterocycles. The van der Waals surface area contributed by atoms with Crippen LogP contribution < -0.4 is 0 Å². The Bertz CT molecular complexity index is 719. The highest BCUT2D eigenvalue weighted by Gasteiger charge is 2.42. The molecule has 2 heterocycles. The van der Waals surface area contributed by atoms with Crippen LogP contribution in [0.2, 0.25) is 0 Å². The zero-order valence-electron chi connectivity index (χ0n) is 15.5. The fraction of sp³-hybridized carbons (Fsp3) is 0.545. The number of rotatable bonds is 3. The van der Waals surface area contributed by atoms with Crippen molar-refractivity contribution in [3.63, 3.8) is 0 Å². The summed E-state index contributed by atoms with van der Waals surface area (Å²) >= 11 is 0. The van der Waals surface area contributed by atoms with Gasteiger partial charge in [0.15, 0.2) is 0 Å². The van der Waals surface area contributed by atoms with Crippen LogP contribution in [-0.2, 0) is 16.0 Å². The summed E-state index contributed by atoms with van der Waals surface area (Å²) in [6.45, 7) is 6.89. The van der Waals surface area contributed by atoms with Gasteiger partial charge in [-0.25, -0.2) is 0 Å². The maximum Gasteiger partial charge on any atom is 0.230 e. The molecule has 1 spiro atoms. The van der Waals surface area contributed by atoms with Crippen LogP contribution in [0.15, 0.2) is 36.9 Å². The highest BCUT2D eigenvalue weighted by atomic mass is 16.2. The van der Waals surface area contributed by atoms with E-state index in [-0.39, 0.29) is 17.2 Å². The van der Waals surface area contributed by atoms with Gasteiger partial charge in [0.2, 0.25) is 11.8 Å². The molecule has 4 nitrogen and oxygen atoms in total. The maximum atomic E-state index is 13.1. The highest BCUT2D eigenvalue weighted by molar-refractivity contribution is 5.85. The van der Waals surface area contributed by atoms with E-state index in [1.54, 1.807) is 0 Å². The van der Waals surface area contributed by atoms with Crippen molar-refractivity contribution in [2.45, 2.75) is 44.4 Å². The highest BCUT2D eigenvalue weighted by Crippen LogP contribution is 2.42. The van der Waals surface area contributed by atoms with Crippen LogP contribution in [0.25, 0.3) is 0 Å². The Hall–Kier alpha value is -2.10. The largest absolute Gasteiger partial charge is 0.342 e. The molecule has 2 amide bonds. The summed E-state index contributed by atoms with van der Waals surface area (Å²) in [5.41, 5.74) is 2.77. The smallest absolute Gasteiger partial charge is 0.230 e. The standard InChI is InChI=1S/C22H28N2O2/c1-2-13-24-16-22(10-9-20(24)25)11-14-23(15-12-22)21(26)19-8-7-17-5-3-4-6-18(17)19/h2-6,19H,1,7-16H2/t19-/m0/s1. The van der Waals surface area contributed by atoms with Crippen molar-refractivity contribution < 1.29 is 9.59 Å². The number of carbonyl (C=O) groups excluding carboxylic acids is 2. The van der Waals surface area contributed by atoms with Crippen molar-refractivity contribution in [1.29, 1.82) is 0 Å². The number of nitrogens with zero attached hydrogens (tertiary/aromatic N) is 2. The van der Waals surface area contributed by atoms with Gasteiger partial charge in [-0.2, -0.15) is 0 Å². The summed E-state index contributed by atoms with van der Waals surface area (Å²) in [5.74, 6) is 0.599. The van der Waals surface area contributed by atoms with Gasteiger partial charge >= 0.3 is 0 Å². The number of amides is 2. The third-order valence-corrected chi connectivity index (χ3v) is 6.66. The van der Waals surface area contributed by atoms with E-state index in [9.17, 15) is 9.59 Å². The monoisotopic (exact) mass is 352 g/mol. The molecular weight excluding hydrogens is 324 g/mol. The topological polar surface area (TPSA) is 40.6 Å². The van der Waals surface area contributed by atoms with Crippen molar-refractivity contribution in [3.05, 3.63) is 48.0 Å². The first-order valence-corrected chi connectivity index (χ1v) is 9.87. The van der Waals surface area contributed by atoms with Gasteiger partial charge in [-0.3, -0.25) is 9.59 Å². The molecule has 1 aliphatic carbocycles. The first-order valence-electron chi connectivity index (χ1n) is 9.87. The third kappa shape index (κ3) is 3.06. The molecule has 2 fully saturated rings. The lowest BCUT2D eigenvalue weighted by Gasteiger charge is -2.47. The van der Waals surface area contributed by atoms with E-state index in [4.69, 9.17) is 0 Å². The molecule has 1 aromatic rings. The molecule has 0 N–H and O–H groups in total. The maximum absolute atomic E-state index is 13.1. The van der Waals surface area contributed by atoms with Crippen molar-refractivity contribution >= 4 is 11.8 Å². The van der Waals surface area contributed by atoms with Crippen LogP contribution in [0.4, 0.5) is 0 Å². The number of likely N-dealkylation sites (tertiary alicyclic amines) is 2. The minimum atomic E-state index is 0.0467. The summed E-state index contributed by atoms with van der Waals surface area (Å²) in [4.78, 5) is 29.2. The Balaban J connectivity index is 1.40. The second-order valence-corrected chi connectivity index (χ2v) is 8.18. The molecule has 0 saturated carbocycles. The number of benzene rings is 1. The van der Waals surface area contributed by atoms with E-state index in [0.717, 1.165) is 51.7 Å². The molecule has 3 aliphatic rings. The minimum absolute atomic E-state index is 0.0467. The van der Waals surface area contributed by atoms with Crippen molar-refractivity contribution in [2.75, 3.05) is 26.2 Å². The Morgan fingerprint density at radius 3 is 2.73 bits per heavy atom. The Morgan fingerprint density at radius 1 is 1.19 bits per heavy atom. The zero-order valence-corrected chi connectivity index (χ0v) is 15.5.